The summed E-state index contributed by atoms with van der Waals surface area (Å²) in [5, 5.41) is 0.962. The number of hydrogen-bond donors (Lipinski definition) is 0. The standard InChI is InChI=1S/C27H32N2O4/c1-5-32-25(30)23-17-28(15-19-11-7-6-8-12-19)16-21(23)22-18-29(26(31)33-27(2,3)4)24-14-10-9-13-20(22)24/h6-14,18,21,23H,5,15-17H2,1-4H3/t21-,23+/m0/s1. The molecule has 0 saturated carbocycles. The number of carbonyl (C=O) groups is 2. The SMILES string of the molecule is CCOC(=O)[C@@H]1CN(Cc2ccccc2)C[C@H]1c1cn(C(=O)OC(C)(C)C)c2ccccc12. The second-order valence-electron chi connectivity index (χ2n) is 9.60. The fraction of sp³-hybridized carbons (Fsp3) is 0.407. The van der Waals surface area contributed by atoms with Gasteiger partial charge in [0.05, 0.1) is 18.0 Å². The molecule has 2 atom stereocenters. The number of para-hydroxylation sites is 1. The van der Waals surface area contributed by atoms with Crippen LogP contribution < -0.4 is 0 Å². The molecule has 33 heavy (non-hydrogen) atoms. The summed E-state index contributed by atoms with van der Waals surface area (Å²) < 4.78 is 12.7. The van der Waals surface area contributed by atoms with E-state index >= 15 is 0 Å². The molecule has 0 spiro atoms. The number of aromatic nitrogens is 1. The van der Waals surface area contributed by atoms with Gasteiger partial charge in [-0.15, -0.1) is 0 Å². The Labute approximate surface area is 195 Å². The Morgan fingerprint density at radius 3 is 2.39 bits per heavy atom. The van der Waals surface area contributed by atoms with E-state index in [0.717, 1.165) is 23.0 Å². The van der Waals surface area contributed by atoms with Crippen molar-refractivity contribution >= 4 is 23.0 Å². The Balaban J connectivity index is 1.71. The van der Waals surface area contributed by atoms with Crippen molar-refractivity contribution in [2.45, 2.75) is 45.8 Å². The van der Waals surface area contributed by atoms with Crippen molar-refractivity contribution in [3.8, 4) is 0 Å². The Morgan fingerprint density at radius 2 is 1.70 bits per heavy atom. The lowest BCUT2D eigenvalue weighted by atomic mass is 9.89. The number of fused-ring (bicyclic) bond motifs is 1. The molecule has 0 radical (unpaired) electrons. The minimum Gasteiger partial charge on any atom is -0.466 e. The maximum absolute atomic E-state index is 13.0. The number of likely N-dealkylation sites (tertiary alicyclic amines) is 1. The van der Waals surface area contributed by atoms with Crippen LogP contribution >= 0.6 is 0 Å². The third-order valence-corrected chi connectivity index (χ3v) is 5.97. The lowest BCUT2D eigenvalue weighted by molar-refractivity contribution is -0.148. The van der Waals surface area contributed by atoms with Crippen LogP contribution in [0.4, 0.5) is 4.79 Å². The van der Waals surface area contributed by atoms with Crippen molar-refractivity contribution in [1.29, 1.82) is 0 Å². The fourth-order valence-electron chi connectivity index (χ4n) is 4.62. The normalized spacial score (nSPS) is 19.0. The van der Waals surface area contributed by atoms with E-state index in [-0.39, 0.29) is 17.8 Å². The van der Waals surface area contributed by atoms with Crippen molar-refractivity contribution in [2.24, 2.45) is 5.92 Å². The Bertz CT molecular complexity index is 1130. The number of rotatable bonds is 5. The van der Waals surface area contributed by atoms with Gasteiger partial charge in [0.1, 0.15) is 5.60 Å². The number of benzene rings is 2. The van der Waals surface area contributed by atoms with Crippen LogP contribution in [0.15, 0.2) is 60.8 Å². The number of esters is 1. The largest absolute Gasteiger partial charge is 0.466 e. The number of ether oxygens (including phenoxy) is 2. The molecule has 0 bridgehead atoms. The second kappa shape index (κ2) is 9.40. The van der Waals surface area contributed by atoms with Gasteiger partial charge >= 0.3 is 12.1 Å². The Morgan fingerprint density at radius 1 is 1.00 bits per heavy atom. The van der Waals surface area contributed by atoms with E-state index in [4.69, 9.17) is 9.47 Å². The molecule has 1 aromatic heterocycles. The predicted octanol–water partition coefficient (Wildman–Crippen LogP) is 5.20. The molecule has 174 valence electrons. The lowest BCUT2D eigenvalue weighted by Crippen LogP contribution is -2.27. The van der Waals surface area contributed by atoms with Crippen LogP contribution in [0.1, 0.15) is 44.7 Å². The van der Waals surface area contributed by atoms with E-state index in [0.29, 0.717) is 19.7 Å². The topological polar surface area (TPSA) is 60.8 Å². The number of hydrogen-bond acceptors (Lipinski definition) is 5. The van der Waals surface area contributed by atoms with E-state index in [2.05, 4.69) is 17.0 Å². The van der Waals surface area contributed by atoms with Crippen LogP contribution in [0.25, 0.3) is 10.9 Å². The summed E-state index contributed by atoms with van der Waals surface area (Å²) >= 11 is 0. The van der Waals surface area contributed by atoms with Gasteiger partial charge < -0.3 is 9.47 Å². The van der Waals surface area contributed by atoms with Crippen LogP contribution in [0, 0.1) is 5.92 Å². The van der Waals surface area contributed by atoms with Gasteiger partial charge in [-0.05, 0) is 44.9 Å². The van der Waals surface area contributed by atoms with E-state index < -0.39 is 11.7 Å². The van der Waals surface area contributed by atoms with Gasteiger partial charge in [-0.25, -0.2) is 4.79 Å². The van der Waals surface area contributed by atoms with E-state index in [9.17, 15) is 9.59 Å². The first-order valence-corrected chi connectivity index (χ1v) is 11.5. The smallest absolute Gasteiger partial charge is 0.419 e. The van der Waals surface area contributed by atoms with E-state index in [1.165, 1.54) is 5.56 Å². The molecule has 3 aromatic rings. The fourth-order valence-corrected chi connectivity index (χ4v) is 4.62. The van der Waals surface area contributed by atoms with Crippen LogP contribution in [0.3, 0.4) is 0 Å². The predicted molar refractivity (Wildman–Crippen MR) is 128 cm³/mol. The van der Waals surface area contributed by atoms with Crippen LogP contribution in [0.2, 0.25) is 0 Å². The van der Waals surface area contributed by atoms with Gasteiger partial charge in [-0.3, -0.25) is 14.3 Å². The molecule has 1 saturated heterocycles. The highest BCUT2D eigenvalue weighted by Crippen LogP contribution is 2.39. The molecule has 0 aliphatic carbocycles. The van der Waals surface area contributed by atoms with Crippen LogP contribution in [0.5, 0.6) is 0 Å². The third-order valence-electron chi connectivity index (χ3n) is 5.97. The molecule has 2 heterocycles. The molecule has 1 aliphatic heterocycles. The first-order valence-electron chi connectivity index (χ1n) is 11.5. The van der Waals surface area contributed by atoms with Gasteiger partial charge in [0, 0.05) is 37.1 Å². The monoisotopic (exact) mass is 448 g/mol. The van der Waals surface area contributed by atoms with E-state index in [1.54, 1.807) is 4.57 Å². The molecular formula is C27H32N2O4. The summed E-state index contributed by atoms with van der Waals surface area (Å²) in [4.78, 5) is 28.2. The van der Waals surface area contributed by atoms with E-state index in [1.807, 2.05) is 76.4 Å². The summed E-state index contributed by atoms with van der Waals surface area (Å²) in [6.07, 6.45) is 1.43. The molecule has 1 fully saturated rings. The van der Waals surface area contributed by atoms with Crippen LogP contribution in [-0.4, -0.2) is 46.8 Å². The molecule has 0 amide bonds. The summed E-state index contributed by atoms with van der Waals surface area (Å²) in [5.74, 6) is -0.569. The highest BCUT2D eigenvalue weighted by molar-refractivity contribution is 5.93. The van der Waals surface area contributed by atoms with Crippen molar-refractivity contribution in [3.05, 3.63) is 71.9 Å². The summed E-state index contributed by atoms with van der Waals surface area (Å²) in [6.45, 7) is 9.83. The molecule has 2 aromatic carbocycles. The first-order chi connectivity index (χ1) is 15.8. The zero-order valence-electron chi connectivity index (χ0n) is 19.8. The molecular weight excluding hydrogens is 416 g/mol. The van der Waals surface area contributed by atoms with Crippen molar-refractivity contribution in [2.75, 3.05) is 19.7 Å². The quantitative estimate of drug-likeness (QED) is 0.502. The third kappa shape index (κ3) is 5.11. The zero-order chi connectivity index (χ0) is 23.6. The van der Waals surface area contributed by atoms with Crippen molar-refractivity contribution in [3.63, 3.8) is 0 Å². The van der Waals surface area contributed by atoms with Gasteiger partial charge in [-0.1, -0.05) is 48.5 Å². The summed E-state index contributed by atoms with van der Waals surface area (Å²) in [5.41, 5.74) is 2.36. The van der Waals surface area contributed by atoms with Gasteiger partial charge in [0.15, 0.2) is 0 Å². The highest BCUT2D eigenvalue weighted by atomic mass is 16.6. The van der Waals surface area contributed by atoms with Gasteiger partial charge in [0.2, 0.25) is 0 Å². The second-order valence-corrected chi connectivity index (χ2v) is 9.60. The average molecular weight is 449 g/mol. The maximum Gasteiger partial charge on any atom is 0.419 e. The van der Waals surface area contributed by atoms with Crippen LogP contribution in [-0.2, 0) is 20.8 Å². The first kappa shape index (κ1) is 23.1. The molecule has 4 rings (SSSR count). The minimum atomic E-state index is -0.601. The molecule has 0 N–H and O–H groups in total. The lowest BCUT2D eigenvalue weighted by Gasteiger charge is -2.20. The average Bonchev–Trinajstić information content (AvgIpc) is 3.35. The maximum atomic E-state index is 13.0. The molecule has 1 aliphatic rings. The number of carbonyl (C=O) groups excluding carboxylic acids is 2. The molecule has 6 heteroatoms. The zero-order valence-corrected chi connectivity index (χ0v) is 19.8. The van der Waals surface area contributed by atoms with Crippen molar-refractivity contribution in [1.82, 2.24) is 9.47 Å². The molecule has 6 nitrogen and oxygen atoms in total. The van der Waals surface area contributed by atoms with Crippen molar-refractivity contribution < 1.29 is 19.1 Å². The van der Waals surface area contributed by atoms with Gasteiger partial charge in [0.25, 0.3) is 0 Å². The minimum absolute atomic E-state index is 0.0821. The molecule has 0 unspecified atom stereocenters. The highest BCUT2D eigenvalue weighted by Gasteiger charge is 2.41. The summed E-state index contributed by atoms with van der Waals surface area (Å²) in [7, 11) is 0. The summed E-state index contributed by atoms with van der Waals surface area (Å²) in [6, 6.07) is 18.0. The van der Waals surface area contributed by atoms with Gasteiger partial charge in [-0.2, -0.15) is 0 Å². The Kier molecular flexibility index (Phi) is 6.56. The number of nitrogens with zero attached hydrogens (tertiary/aromatic N) is 2. The Hall–Kier alpha value is -3.12.